The van der Waals surface area contributed by atoms with E-state index in [0.717, 1.165) is 6.04 Å². The maximum Gasteiger partial charge on any atom is 0.360 e. The Morgan fingerprint density at radius 1 is 1.50 bits per heavy atom. The van der Waals surface area contributed by atoms with Crippen LogP contribution in [0, 0.1) is 0 Å². The third-order valence-corrected chi connectivity index (χ3v) is 4.49. The SMILES string of the molecule is C[Si](C)(C)CCOCn1cc(OBr)c(=O)c(C(=O)O)n1. The summed E-state index contributed by atoms with van der Waals surface area (Å²) >= 11 is 2.66. The van der Waals surface area contributed by atoms with Crippen LogP contribution in [-0.4, -0.2) is 35.5 Å². The number of ether oxygens (including phenoxy) is 1. The lowest BCUT2D eigenvalue weighted by Crippen LogP contribution is -2.24. The first-order valence-electron chi connectivity index (χ1n) is 5.96. The van der Waals surface area contributed by atoms with Gasteiger partial charge >= 0.3 is 5.97 Å². The topological polar surface area (TPSA) is 90.7 Å². The number of rotatable bonds is 7. The minimum atomic E-state index is -1.41. The maximum absolute atomic E-state index is 11.6. The van der Waals surface area contributed by atoms with Gasteiger partial charge in [0.1, 0.15) is 6.73 Å². The van der Waals surface area contributed by atoms with E-state index in [4.69, 9.17) is 9.84 Å². The summed E-state index contributed by atoms with van der Waals surface area (Å²) in [4.78, 5) is 22.5. The molecule has 0 bridgehead atoms. The van der Waals surface area contributed by atoms with Gasteiger partial charge in [0.15, 0.2) is 16.3 Å². The van der Waals surface area contributed by atoms with Crippen molar-refractivity contribution < 1.29 is 18.5 Å². The molecule has 1 aromatic rings. The van der Waals surface area contributed by atoms with Gasteiger partial charge < -0.3 is 13.7 Å². The highest BCUT2D eigenvalue weighted by molar-refractivity contribution is 9.06. The van der Waals surface area contributed by atoms with E-state index in [9.17, 15) is 9.59 Å². The van der Waals surface area contributed by atoms with Crippen molar-refractivity contribution in [3.8, 4) is 5.75 Å². The zero-order valence-electron chi connectivity index (χ0n) is 11.6. The molecule has 0 radical (unpaired) electrons. The summed E-state index contributed by atoms with van der Waals surface area (Å²) in [5.74, 6) is -1.55. The van der Waals surface area contributed by atoms with E-state index in [1.807, 2.05) is 0 Å². The third-order valence-electron chi connectivity index (χ3n) is 2.44. The van der Waals surface area contributed by atoms with E-state index in [2.05, 4.69) is 44.8 Å². The number of aromatic nitrogens is 2. The first-order chi connectivity index (χ1) is 9.24. The predicted octanol–water partition coefficient (Wildman–Crippen LogP) is 1.94. The van der Waals surface area contributed by atoms with Crippen LogP contribution in [0.4, 0.5) is 0 Å². The Labute approximate surface area is 126 Å². The van der Waals surface area contributed by atoms with Crippen LogP contribution in [0.5, 0.6) is 5.75 Å². The van der Waals surface area contributed by atoms with Gasteiger partial charge in [-0.1, -0.05) is 19.6 Å². The Kier molecular flexibility index (Phi) is 5.90. The van der Waals surface area contributed by atoms with Crippen molar-refractivity contribution in [2.45, 2.75) is 32.4 Å². The van der Waals surface area contributed by atoms with Crippen molar-refractivity contribution >= 4 is 30.3 Å². The van der Waals surface area contributed by atoms with Gasteiger partial charge in [-0.05, 0) is 6.04 Å². The molecule has 0 unspecified atom stereocenters. The highest BCUT2D eigenvalue weighted by Crippen LogP contribution is 2.09. The number of hydrogen-bond acceptors (Lipinski definition) is 5. The average molecular weight is 365 g/mol. The summed E-state index contributed by atoms with van der Waals surface area (Å²) in [6.07, 6.45) is 1.29. The number of hydrogen-bond donors (Lipinski definition) is 1. The lowest BCUT2D eigenvalue weighted by molar-refractivity contribution is 0.0653. The van der Waals surface area contributed by atoms with E-state index in [1.165, 1.54) is 10.9 Å². The van der Waals surface area contributed by atoms with Crippen LogP contribution in [0.2, 0.25) is 25.7 Å². The summed E-state index contributed by atoms with van der Waals surface area (Å²) in [5.41, 5.74) is -1.39. The fourth-order valence-corrected chi connectivity index (χ4v) is 2.30. The molecule has 0 amide bonds. The van der Waals surface area contributed by atoms with Crippen molar-refractivity contribution in [3.63, 3.8) is 0 Å². The zero-order valence-corrected chi connectivity index (χ0v) is 14.1. The molecule has 20 heavy (non-hydrogen) atoms. The first-order valence-corrected chi connectivity index (χ1v) is 10.3. The Morgan fingerprint density at radius 2 is 2.15 bits per heavy atom. The average Bonchev–Trinajstić information content (AvgIpc) is 2.34. The van der Waals surface area contributed by atoms with Crippen LogP contribution < -0.4 is 9.26 Å². The lowest BCUT2D eigenvalue weighted by Gasteiger charge is -2.15. The quantitative estimate of drug-likeness (QED) is 0.587. The maximum atomic E-state index is 11.6. The minimum Gasteiger partial charge on any atom is -0.476 e. The van der Waals surface area contributed by atoms with Crippen molar-refractivity contribution in [2.24, 2.45) is 0 Å². The van der Waals surface area contributed by atoms with E-state index >= 15 is 0 Å². The molecule has 0 aliphatic carbocycles. The van der Waals surface area contributed by atoms with Crippen LogP contribution in [0.1, 0.15) is 10.5 Å². The highest BCUT2D eigenvalue weighted by Gasteiger charge is 2.17. The molecule has 0 fully saturated rings. The van der Waals surface area contributed by atoms with E-state index in [0.29, 0.717) is 6.61 Å². The Bertz CT molecular complexity index is 541. The first kappa shape index (κ1) is 16.9. The summed E-state index contributed by atoms with van der Waals surface area (Å²) in [5, 5.41) is 12.6. The number of carboxylic acids is 1. The minimum absolute atomic E-state index is 0.0639. The fourth-order valence-electron chi connectivity index (χ4n) is 1.31. The molecule has 112 valence electrons. The van der Waals surface area contributed by atoms with Gasteiger partial charge in [-0.2, -0.15) is 5.10 Å². The van der Waals surface area contributed by atoms with E-state index in [-0.39, 0.29) is 12.5 Å². The van der Waals surface area contributed by atoms with Crippen molar-refractivity contribution in [1.82, 2.24) is 9.78 Å². The summed E-state index contributed by atoms with van der Waals surface area (Å²) in [7, 11) is -1.18. The number of carbonyl (C=O) groups is 1. The molecule has 0 aliphatic rings. The van der Waals surface area contributed by atoms with Gasteiger partial charge in [-0.15, -0.1) is 0 Å². The van der Waals surface area contributed by atoms with Gasteiger partial charge in [0.25, 0.3) is 5.43 Å². The summed E-state index contributed by atoms with van der Waals surface area (Å²) in [6.45, 7) is 7.32. The monoisotopic (exact) mass is 364 g/mol. The largest absolute Gasteiger partial charge is 0.476 e. The van der Waals surface area contributed by atoms with Crippen LogP contribution in [0.15, 0.2) is 11.0 Å². The van der Waals surface area contributed by atoms with Gasteiger partial charge in [0.2, 0.25) is 11.4 Å². The van der Waals surface area contributed by atoms with Crippen molar-refractivity contribution in [1.29, 1.82) is 0 Å². The zero-order chi connectivity index (χ0) is 15.3. The number of nitrogens with zero attached hydrogens (tertiary/aromatic N) is 2. The van der Waals surface area contributed by atoms with Crippen LogP contribution in [-0.2, 0) is 11.5 Å². The molecule has 1 rings (SSSR count). The predicted molar refractivity (Wildman–Crippen MR) is 79.1 cm³/mol. The second kappa shape index (κ2) is 7.00. The Hall–Kier alpha value is -1.19. The summed E-state index contributed by atoms with van der Waals surface area (Å²) in [6, 6.07) is 0.987. The molecule has 0 aromatic carbocycles. The van der Waals surface area contributed by atoms with Crippen molar-refractivity contribution in [3.05, 3.63) is 22.1 Å². The second-order valence-corrected chi connectivity index (χ2v) is 11.4. The van der Waals surface area contributed by atoms with Crippen molar-refractivity contribution in [2.75, 3.05) is 6.61 Å². The lowest BCUT2D eigenvalue weighted by atomic mass is 10.3. The third kappa shape index (κ3) is 5.06. The highest BCUT2D eigenvalue weighted by atomic mass is 79.9. The number of aromatic carboxylic acids is 1. The normalized spacial score (nSPS) is 11.4. The summed E-state index contributed by atoms with van der Waals surface area (Å²) < 4.78 is 11.3. The van der Waals surface area contributed by atoms with Gasteiger partial charge in [0, 0.05) is 14.7 Å². The van der Waals surface area contributed by atoms with Gasteiger partial charge in [0.05, 0.1) is 6.20 Å². The molecule has 0 saturated heterocycles. The fraction of sp³-hybridized carbons (Fsp3) is 0.545. The van der Waals surface area contributed by atoms with E-state index in [1.54, 1.807) is 0 Å². The number of halogens is 1. The second-order valence-electron chi connectivity index (χ2n) is 5.44. The molecule has 0 saturated carbocycles. The Balaban J connectivity index is 2.78. The van der Waals surface area contributed by atoms with Crippen LogP contribution >= 0.6 is 16.3 Å². The van der Waals surface area contributed by atoms with Gasteiger partial charge in [-0.25, -0.2) is 9.48 Å². The molecule has 0 atom stereocenters. The van der Waals surface area contributed by atoms with Crippen LogP contribution in [0.3, 0.4) is 0 Å². The molecular weight excluding hydrogens is 348 g/mol. The molecule has 1 heterocycles. The molecule has 9 heteroatoms. The molecular formula is C11H17BrN2O5Si. The Morgan fingerprint density at radius 3 is 2.65 bits per heavy atom. The number of carboxylic acid groups (broad SMARTS) is 1. The van der Waals surface area contributed by atoms with Crippen LogP contribution in [0.25, 0.3) is 0 Å². The standard InChI is InChI=1S/C11H17BrN2O5Si/c1-20(2,3)5-4-18-7-14-6-8(19-12)10(15)9(13-14)11(16)17/h6H,4-5,7H2,1-3H3,(H,16,17). The smallest absolute Gasteiger partial charge is 0.360 e. The molecule has 0 spiro atoms. The molecule has 1 N–H and O–H groups in total. The molecule has 7 nitrogen and oxygen atoms in total. The van der Waals surface area contributed by atoms with Gasteiger partial charge in [-0.3, -0.25) is 4.79 Å². The van der Waals surface area contributed by atoms with E-state index < -0.39 is 25.2 Å². The molecule has 1 aromatic heterocycles. The molecule has 0 aliphatic heterocycles.